The van der Waals surface area contributed by atoms with Crippen molar-refractivity contribution in [1.82, 2.24) is 5.32 Å². The smallest absolute Gasteiger partial charge is 0.265 e. The molecule has 1 aromatic heterocycles. The zero-order valence-corrected chi connectivity index (χ0v) is 20.9. The fraction of sp³-hybridized carbons (Fsp3) is 0.103. The number of thioether (sulfide) groups is 1. The minimum Gasteiger partial charge on any atom is -0.347 e. The summed E-state index contributed by atoms with van der Waals surface area (Å²) in [6, 6.07) is 27.6. The minimum atomic E-state index is -0.153. The number of thiophene rings is 1. The molecule has 0 radical (unpaired) electrons. The number of rotatable bonds is 6. The largest absolute Gasteiger partial charge is 0.347 e. The number of fused-ring (bicyclic) bond motifs is 1. The Morgan fingerprint density at radius 3 is 2.60 bits per heavy atom. The zero-order valence-electron chi connectivity index (χ0n) is 19.2. The van der Waals surface area contributed by atoms with Crippen LogP contribution in [0.5, 0.6) is 0 Å². The summed E-state index contributed by atoms with van der Waals surface area (Å²) in [6.07, 6.45) is 1.93. The fourth-order valence-electron chi connectivity index (χ4n) is 3.98. The molecule has 174 valence electrons. The van der Waals surface area contributed by atoms with Gasteiger partial charge in [-0.1, -0.05) is 78.0 Å². The molecule has 0 saturated heterocycles. The summed E-state index contributed by atoms with van der Waals surface area (Å²) in [5.41, 5.74) is 4.46. The van der Waals surface area contributed by atoms with Crippen molar-refractivity contribution in [3.05, 3.63) is 122 Å². The summed E-state index contributed by atoms with van der Waals surface area (Å²) in [7, 11) is 0. The van der Waals surface area contributed by atoms with Crippen LogP contribution in [0.2, 0.25) is 0 Å². The molecule has 1 aliphatic heterocycles. The van der Waals surface area contributed by atoms with Crippen LogP contribution in [0.3, 0.4) is 0 Å². The van der Waals surface area contributed by atoms with Gasteiger partial charge in [-0.2, -0.15) is 0 Å². The van der Waals surface area contributed by atoms with Crippen molar-refractivity contribution in [1.29, 1.82) is 0 Å². The third-order valence-electron chi connectivity index (χ3n) is 5.71. The van der Waals surface area contributed by atoms with E-state index in [1.807, 2.05) is 97.2 Å². The number of anilines is 1. The van der Waals surface area contributed by atoms with Crippen LogP contribution >= 0.6 is 23.1 Å². The topological polar surface area (TPSA) is 49.4 Å². The Balaban J connectivity index is 1.49. The maximum Gasteiger partial charge on any atom is 0.265 e. The zero-order chi connectivity index (χ0) is 24.2. The lowest BCUT2D eigenvalue weighted by atomic mass is 10.1. The van der Waals surface area contributed by atoms with Crippen LogP contribution in [0.15, 0.2) is 100 Å². The molecular weight excluding hydrogens is 472 g/mol. The Hall–Kier alpha value is -3.61. The molecule has 0 aliphatic carbocycles. The average Bonchev–Trinajstić information content (AvgIpc) is 3.39. The van der Waals surface area contributed by atoms with E-state index in [9.17, 15) is 9.59 Å². The predicted octanol–water partition coefficient (Wildman–Crippen LogP) is 6.67. The Bertz CT molecular complexity index is 1400. The van der Waals surface area contributed by atoms with Gasteiger partial charge in [0.1, 0.15) is 0 Å². The van der Waals surface area contributed by atoms with Crippen molar-refractivity contribution in [3.63, 3.8) is 0 Å². The molecule has 3 aromatic carbocycles. The third-order valence-corrected chi connectivity index (χ3v) is 7.67. The first-order valence-corrected chi connectivity index (χ1v) is 13.0. The Labute approximate surface area is 213 Å². The molecule has 4 aromatic rings. The van der Waals surface area contributed by atoms with Gasteiger partial charge in [0.2, 0.25) is 0 Å². The molecule has 0 fully saturated rings. The molecule has 5 rings (SSSR count). The highest BCUT2D eigenvalue weighted by Gasteiger charge is 2.30. The van der Waals surface area contributed by atoms with Gasteiger partial charge in [-0.05, 0) is 53.8 Å². The molecule has 4 nitrogen and oxygen atoms in total. The summed E-state index contributed by atoms with van der Waals surface area (Å²) in [5.74, 6) is -0.219. The maximum atomic E-state index is 13.7. The molecule has 0 atom stereocenters. The van der Waals surface area contributed by atoms with Crippen molar-refractivity contribution in [2.45, 2.75) is 24.9 Å². The summed E-state index contributed by atoms with van der Waals surface area (Å²) in [6.45, 7) is 2.96. The van der Waals surface area contributed by atoms with Gasteiger partial charge < -0.3 is 10.2 Å². The van der Waals surface area contributed by atoms with Crippen LogP contribution in [0.4, 0.5) is 5.69 Å². The van der Waals surface area contributed by atoms with E-state index in [0.717, 1.165) is 32.2 Å². The summed E-state index contributed by atoms with van der Waals surface area (Å²) in [5, 5.41) is 4.98. The SMILES string of the molecule is Cc1cccc(CN2C(=O)/C(=C/c3ccccc3)Sc3ccc(C(=O)NCc4cccs4)cc32)c1. The average molecular weight is 497 g/mol. The van der Waals surface area contributed by atoms with E-state index in [4.69, 9.17) is 0 Å². The molecule has 1 N–H and O–H groups in total. The highest BCUT2D eigenvalue weighted by molar-refractivity contribution is 8.04. The highest BCUT2D eigenvalue weighted by Crippen LogP contribution is 2.43. The number of nitrogens with one attached hydrogen (secondary N) is 1. The van der Waals surface area contributed by atoms with Gasteiger partial charge in [0.25, 0.3) is 11.8 Å². The monoisotopic (exact) mass is 496 g/mol. The van der Waals surface area contributed by atoms with E-state index < -0.39 is 0 Å². The number of hydrogen-bond acceptors (Lipinski definition) is 4. The fourth-order valence-corrected chi connectivity index (χ4v) is 5.67. The Morgan fingerprint density at radius 2 is 1.83 bits per heavy atom. The van der Waals surface area contributed by atoms with Crippen molar-refractivity contribution in [2.75, 3.05) is 4.90 Å². The molecule has 1 aliphatic rings. The number of amides is 2. The Kier molecular flexibility index (Phi) is 6.84. The first kappa shape index (κ1) is 23.1. The Morgan fingerprint density at radius 1 is 0.971 bits per heavy atom. The molecule has 0 spiro atoms. The molecule has 6 heteroatoms. The first-order chi connectivity index (χ1) is 17.1. The van der Waals surface area contributed by atoms with Crippen LogP contribution < -0.4 is 10.2 Å². The van der Waals surface area contributed by atoms with E-state index in [0.29, 0.717) is 23.6 Å². The maximum absolute atomic E-state index is 13.7. The minimum absolute atomic E-state index is 0.0657. The highest BCUT2D eigenvalue weighted by atomic mass is 32.2. The number of hydrogen-bond donors (Lipinski definition) is 1. The number of carbonyl (C=O) groups is 2. The molecule has 0 saturated carbocycles. The molecular formula is C29H24N2O2S2. The van der Waals surface area contributed by atoms with E-state index in [1.165, 1.54) is 11.8 Å². The van der Waals surface area contributed by atoms with Gasteiger partial charge in [-0.3, -0.25) is 9.59 Å². The number of nitrogens with zero attached hydrogens (tertiary/aromatic N) is 1. The standard InChI is InChI=1S/C29H24N2O2S2/c1-20-7-5-10-22(15-20)19-31-25-17-23(28(32)30-18-24-11-6-14-34-24)12-13-26(25)35-27(29(31)33)16-21-8-3-2-4-9-21/h2-17H,18-19H2,1H3,(H,30,32)/b27-16-. The van der Waals surface area contributed by atoms with E-state index in [-0.39, 0.29) is 11.8 Å². The second kappa shape index (κ2) is 10.3. The van der Waals surface area contributed by atoms with Gasteiger partial charge >= 0.3 is 0 Å². The summed E-state index contributed by atoms with van der Waals surface area (Å²) >= 11 is 3.06. The van der Waals surface area contributed by atoms with Gasteiger partial charge in [-0.15, -0.1) is 11.3 Å². The van der Waals surface area contributed by atoms with Gasteiger partial charge in [0.05, 0.1) is 23.7 Å². The van der Waals surface area contributed by atoms with Crippen LogP contribution in [0, 0.1) is 6.92 Å². The number of aryl methyl sites for hydroxylation is 1. The molecule has 35 heavy (non-hydrogen) atoms. The van der Waals surface area contributed by atoms with Crippen LogP contribution in [0.25, 0.3) is 6.08 Å². The molecule has 0 unspecified atom stereocenters. The van der Waals surface area contributed by atoms with Crippen LogP contribution in [-0.2, 0) is 17.9 Å². The van der Waals surface area contributed by atoms with Crippen molar-refractivity contribution >= 4 is 46.7 Å². The lowest BCUT2D eigenvalue weighted by Crippen LogP contribution is -2.34. The lowest BCUT2D eigenvalue weighted by molar-refractivity contribution is -0.114. The quantitative estimate of drug-likeness (QED) is 0.304. The van der Waals surface area contributed by atoms with Gasteiger partial charge in [0.15, 0.2) is 0 Å². The molecule has 2 heterocycles. The van der Waals surface area contributed by atoms with E-state index in [2.05, 4.69) is 11.4 Å². The first-order valence-electron chi connectivity index (χ1n) is 11.3. The second-order valence-electron chi connectivity index (χ2n) is 8.35. The van der Waals surface area contributed by atoms with Crippen molar-refractivity contribution in [2.24, 2.45) is 0 Å². The number of benzene rings is 3. The third kappa shape index (κ3) is 5.39. The van der Waals surface area contributed by atoms with E-state index in [1.54, 1.807) is 16.2 Å². The van der Waals surface area contributed by atoms with Gasteiger partial charge in [0, 0.05) is 15.3 Å². The van der Waals surface area contributed by atoms with Crippen molar-refractivity contribution in [3.8, 4) is 0 Å². The van der Waals surface area contributed by atoms with E-state index >= 15 is 0 Å². The van der Waals surface area contributed by atoms with Crippen LogP contribution in [0.1, 0.15) is 31.9 Å². The van der Waals surface area contributed by atoms with Crippen LogP contribution in [-0.4, -0.2) is 11.8 Å². The normalized spacial score (nSPS) is 14.1. The lowest BCUT2D eigenvalue weighted by Gasteiger charge is -2.31. The predicted molar refractivity (Wildman–Crippen MR) is 145 cm³/mol. The molecule has 2 amide bonds. The van der Waals surface area contributed by atoms with Gasteiger partial charge in [-0.25, -0.2) is 0 Å². The summed E-state index contributed by atoms with van der Waals surface area (Å²) < 4.78 is 0. The summed E-state index contributed by atoms with van der Waals surface area (Å²) in [4.78, 5) is 31.1. The molecule has 0 bridgehead atoms. The number of carbonyl (C=O) groups excluding carboxylic acids is 2. The van der Waals surface area contributed by atoms with Crippen molar-refractivity contribution < 1.29 is 9.59 Å². The second-order valence-corrected chi connectivity index (χ2v) is 10.5.